The summed E-state index contributed by atoms with van der Waals surface area (Å²) in [4.78, 5) is 35.5. The molecule has 0 aliphatic carbocycles. The summed E-state index contributed by atoms with van der Waals surface area (Å²) in [5.74, 6) is -0.181. The van der Waals surface area contributed by atoms with Gasteiger partial charge in [-0.1, -0.05) is 0 Å². The number of nitriles is 1. The monoisotopic (exact) mass is 345 g/mol. The number of nitrogens with zero attached hydrogens (tertiary/aromatic N) is 3. The Morgan fingerprint density at radius 1 is 1.61 bits per heavy atom. The number of ether oxygens (including phenoxy) is 1. The van der Waals surface area contributed by atoms with E-state index in [4.69, 9.17) is 25.5 Å². The lowest BCUT2D eigenvalue weighted by Gasteiger charge is -2.16. The Morgan fingerprint density at radius 3 is 2.87 bits per heavy atom. The van der Waals surface area contributed by atoms with Gasteiger partial charge >= 0.3 is 7.60 Å². The van der Waals surface area contributed by atoms with Crippen molar-refractivity contribution < 1.29 is 23.5 Å². The predicted molar refractivity (Wildman–Crippen MR) is 77.2 cm³/mol. The highest BCUT2D eigenvalue weighted by atomic mass is 31.2. The van der Waals surface area contributed by atoms with Crippen LogP contribution in [0.25, 0.3) is 11.0 Å². The van der Waals surface area contributed by atoms with Gasteiger partial charge in [-0.25, -0.2) is 4.39 Å². The standard InChI is InChI=1S/C11H13FN5O5P/c12-1-7(22-5-23(19,20)21)4-17-3-6(2-13)8-9(17)15-11(14)16-10(8)18/h3,7H,1,4-5H2,(H2,19,20,21)(H3,14,15,16,18). The minimum atomic E-state index is -4.44. The summed E-state index contributed by atoms with van der Waals surface area (Å²) < 4.78 is 29.9. The first kappa shape index (κ1) is 17.1. The fraction of sp³-hybridized carbons (Fsp3) is 0.364. The topological polar surface area (TPSA) is 167 Å². The van der Waals surface area contributed by atoms with Crippen molar-refractivity contribution in [1.82, 2.24) is 14.5 Å². The van der Waals surface area contributed by atoms with Crippen LogP contribution in [0.2, 0.25) is 0 Å². The van der Waals surface area contributed by atoms with E-state index in [0.29, 0.717) is 0 Å². The van der Waals surface area contributed by atoms with Gasteiger partial charge in [-0.15, -0.1) is 0 Å². The van der Waals surface area contributed by atoms with E-state index in [9.17, 15) is 13.8 Å². The van der Waals surface area contributed by atoms with E-state index in [0.717, 1.165) is 0 Å². The van der Waals surface area contributed by atoms with Crippen molar-refractivity contribution in [2.24, 2.45) is 0 Å². The van der Waals surface area contributed by atoms with Crippen LogP contribution >= 0.6 is 7.60 Å². The van der Waals surface area contributed by atoms with Gasteiger partial charge in [0.05, 0.1) is 12.1 Å². The SMILES string of the molecule is N#Cc1cn(CC(CF)OCP(=O)(O)O)c2nc(N)[nH]c(=O)c12. The molecule has 0 amide bonds. The van der Waals surface area contributed by atoms with Crippen LogP contribution in [0.3, 0.4) is 0 Å². The average Bonchev–Trinajstić information content (AvgIpc) is 2.80. The van der Waals surface area contributed by atoms with Gasteiger partial charge in [0.1, 0.15) is 30.6 Å². The molecule has 12 heteroatoms. The third kappa shape index (κ3) is 3.94. The van der Waals surface area contributed by atoms with Crippen molar-refractivity contribution in [2.45, 2.75) is 12.6 Å². The van der Waals surface area contributed by atoms with Gasteiger partial charge in [-0.05, 0) is 0 Å². The van der Waals surface area contributed by atoms with Crippen LogP contribution in [-0.2, 0) is 15.8 Å². The van der Waals surface area contributed by atoms with E-state index >= 15 is 0 Å². The zero-order valence-corrected chi connectivity index (χ0v) is 12.5. The van der Waals surface area contributed by atoms with E-state index in [1.807, 2.05) is 6.07 Å². The Balaban J connectivity index is 2.38. The Bertz CT molecular complexity index is 866. The number of halogens is 1. The van der Waals surface area contributed by atoms with Crippen LogP contribution in [0, 0.1) is 11.3 Å². The molecule has 1 atom stereocenters. The highest BCUT2D eigenvalue weighted by Crippen LogP contribution is 2.34. The van der Waals surface area contributed by atoms with Gasteiger partial charge in [-0.3, -0.25) is 14.3 Å². The van der Waals surface area contributed by atoms with Crippen molar-refractivity contribution in [2.75, 3.05) is 18.8 Å². The second-order valence-corrected chi connectivity index (χ2v) is 6.28. The zero-order valence-electron chi connectivity index (χ0n) is 11.6. The number of anilines is 1. The summed E-state index contributed by atoms with van der Waals surface area (Å²) in [6.45, 7) is -1.23. The van der Waals surface area contributed by atoms with E-state index in [1.54, 1.807) is 0 Å². The van der Waals surface area contributed by atoms with E-state index in [2.05, 4.69) is 9.97 Å². The molecule has 10 nitrogen and oxygen atoms in total. The van der Waals surface area contributed by atoms with Crippen molar-refractivity contribution in [1.29, 1.82) is 5.26 Å². The third-order valence-electron chi connectivity index (χ3n) is 2.92. The smallest absolute Gasteiger partial charge is 0.350 e. The fourth-order valence-corrected chi connectivity index (χ4v) is 2.41. The molecule has 2 aromatic heterocycles. The molecule has 1 unspecified atom stereocenters. The molecule has 2 heterocycles. The molecule has 0 bridgehead atoms. The van der Waals surface area contributed by atoms with Crippen LogP contribution in [0.1, 0.15) is 5.56 Å². The molecule has 0 spiro atoms. The highest BCUT2D eigenvalue weighted by Gasteiger charge is 2.21. The van der Waals surface area contributed by atoms with Gasteiger partial charge in [0.15, 0.2) is 5.65 Å². The Morgan fingerprint density at radius 2 is 2.30 bits per heavy atom. The first-order valence-corrected chi connectivity index (χ1v) is 8.05. The number of H-pyrrole nitrogens is 1. The van der Waals surface area contributed by atoms with E-state index < -0.39 is 32.3 Å². The number of hydrogen-bond donors (Lipinski definition) is 4. The van der Waals surface area contributed by atoms with Crippen molar-refractivity contribution in [3.8, 4) is 6.07 Å². The normalized spacial score (nSPS) is 13.1. The molecule has 0 radical (unpaired) electrons. The van der Waals surface area contributed by atoms with Crippen LogP contribution in [0.4, 0.5) is 10.3 Å². The number of nitrogen functional groups attached to an aromatic ring is 1. The number of alkyl halides is 1. The lowest BCUT2D eigenvalue weighted by Crippen LogP contribution is -2.23. The summed E-state index contributed by atoms with van der Waals surface area (Å²) >= 11 is 0. The molecule has 124 valence electrons. The molecule has 0 fully saturated rings. The molecule has 0 saturated heterocycles. The number of rotatable bonds is 6. The third-order valence-corrected chi connectivity index (χ3v) is 3.40. The van der Waals surface area contributed by atoms with Crippen molar-refractivity contribution >= 4 is 24.6 Å². The van der Waals surface area contributed by atoms with E-state index in [-0.39, 0.29) is 29.1 Å². The molecular weight excluding hydrogens is 332 g/mol. The van der Waals surface area contributed by atoms with Crippen molar-refractivity contribution in [3.63, 3.8) is 0 Å². The van der Waals surface area contributed by atoms with Crippen LogP contribution < -0.4 is 11.3 Å². The van der Waals surface area contributed by atoms with Crippen LogP contribution in [0.15, 0.2) is 11.0 Å². The van der Waals surface area contributed by atoms with Gasteiger partial charge in [-0.2, -0.15) is 10.2 Å². The molecule has 23 heavy (non-hydrogen) atoms. The second-order valence-electron chi connectivity index (χ2n) is 4.69. The first-order valence-electron chi connectivity index (χ1n) is 6.26. The quantitative estimate of drug-likeness (QED) is 0.516. The van der Waals surface area contributed by atoms with Gasteiger partial charge in [0, 0.05) is 6.20 Å². The summed E-state index contributed by atoms with van der Waals surface area (Å²) in [6, 6.07) is 1.82. The fourth-order valence-electron chi connectivity index (χ4n) is 2.00. The number of fused-ring (bicyclic) bond motifs is 1. The molecule has 0 aromatic carbocycles. The van der Waals surface area contributed by atoms with Gasteiger partial charge < -0.3 is 24.8 Å². The molecular formula is C11H13FN5O5P. The molecule has 0 aliphatic heterocycles. The molecule has 5 N–H and O–H groups in total. The largest absolute Gasteiger partial charge is 0.369 e. The number of nitrogens with one attached hydrogen (secondary N) is 1. The van der Waals surface area contributed by atoms with Crippen LogP contribution in [-0.4, -0.2) is 43.4 Å². The predicted octanol–water partition coefficient (Wildman–Crippen LogP) is -0.332. The molecule has 0 aliphatic rings. The van der Waals surface area contributed by atoms with E-state index in [1.165, 1.54) is 10.8 Å². The Hall–Kier alpha value is -2.25. The number of aromatic nitrogens is 3. The van der Waals surface area contributed by atoms with Gasteiger partial charge in [0.25, 0.3) is 5.56 Å². The highest BCUT2D eigenvalue weighted by molar-refractivity contribution is 7.51. The minimum Gasteiger partial charge on any atom is -0.369 e. The van der Waals surface area contributed by atoms with Crippen molar-refractivity contribution in [3.05, 3.63) is 22.1 Å². The minimum absolute atomic E-state index is 0.00528. The first-order chi connectivity index (χ1) is 10.7. The number of hydrogen-bond acceptors (Lipinski definition) is 6. The lowest BCUT2D eigenvalue weighted by molar-refractivity contribution is 0.0446. The van der Waals surface area contributed by atoms with Crippen LogP contribution in [0.5, 0.6) is 0 Å². The number of aromatic amines is 1. The Labute approximate surface area is 128 Å². The Kier molecular flexibility index (Phi) is 4.82. The summed E-state index contributed by atoms with van der Waals surface area (Å²) in [5.41, 5.74) is 4.91. The maximum absolute atomic E-state index is 13.0. The average molecular weight is 345 g/mol. The summed E-state index contributed by atoms with van der Waals surface area (Å²) in [7, 11) is -4.44. The molecule has 0 saturated carbocycles. The zero-order chi connectivity index (χ0) is 17.2. The van der Waals surface area contributed by atoms with Gasteiger partial charge in [0.2, 0.25) is 5.95 Å². The molecule has 2 aromatic rings. The lowest BCUT2D eigenvalue weighted by atomic mass is 10.3. The summed E-state index contributed by atoms with van der Waals surface area (Å²) in [6.07, 6.45) is -0.857. The number of nitrogens with two attached hydrogens (primary N) is 1. The summed E-state index contributed by atoms with van der Waals surface area (Å²) in [5, 5.41) is 9.06. The second kappa shape index (κ2) is 6.47. The molecule has 2 rings (SSSR count). The maximum Gasteiger partial charge on any atom is 0.350 e. The maximum atomic E-state index is 13.0.